The maximum atomic E-state index is 6.64. The van der Waals surface area contributed by atoms with E-state index in [9.17, 15) is 0 Å². The first-order chi connectivity index (χ1) is 15.6. The molecule has 4 heterocycles. The average Bonchev–Trinajstić information content (AvgIpc) is 3.47. The fourth-order valence-corrected chi connectivity index (χ4v) is 5.65. The first kappa shape index (κ1) is 19.9. The van der Waals surface area contributed by atoms with Gasteiger partial charge in [-0.15, -0.1) is 16.4 Å². The molecule has 32 heavy (non-hydrogen) atoms. The Balaban J connectivity index is 1.63. The quantitative estimate of drug-likeness (QED) is 0.337. The van der Waals surface area contributed by atoms with Crippen LogP contribution in [0.3, 0.4) is 0 Å². The van der Waals surface area contributed by atoms with Crippen molar-refractivity contribution in [2.24, 2.45) is 0 Å². The Labute approximate surface area is 199 Å². The summed E-state index contributed by atoms with van der Waals surface area (Å²) in [6, 6.07) is 18.4. The number of nitrogens with zero attached hydrogens (tertiary/aromatic N) is 3. The largest absolute Gasteiger partial charge is 0.480 e. The fraction of sp³-hybridized carbons (Fsp3) is 0.167. The molecule has 0 spiro atoms. The van der Waals surface area contributed by atoms with Gasteiger partial charge in [-0.3, -0.25) is 0 Å². The molecular formula is C24H19ClN4OS2. The second-order valence-electron chi connectivity index (χ2n) is 7.79. The van der Waals surface area contributed by atoms with Crippen LogP contribution in [0.2, 0.25) is 5.02 Å². The number of ether oxygens (including phenoxy) is 1. The van der Waals surface area contributed by atoms with E-state index in [1.165, 1.54) is 22.2 Å². The van der Waals surface area contributed by atoms with Crippen molar-refractivity contribution in [1.29, 1.82) is 0 Å². The van der Waals surface area contributed by atoms with Gasteiger partial charge in [0, 0.05) is 21.0 Å². The number of aryl methyl sites for hydroxylation is 1. The molecule has 6 rings (SSSR count). The molecule has 0 aliphatic carbocycles. The highest BCUT2D eigenvalue weighted by Crippen LogP contribution is 2.51. The van der Waals surface area contributed by atoms with Crippen molar-refractivity contribution in [3.63, 3.8) is 0 Å². The zero-order chi connectivity index (χ0) is 21.8. The van der Waals surface area contributed by atoms with Gasteiger partial charge in [0.1, 0.15) is 17.9 Å². The van der Waals surface area contributed by atoms with E-state index in [2.05, 4.69) is 54.0 Å². The van der Waals surface area contributed by atoms with E-state index in [-0.39, 0.29) is 12.1 Å². The zero-order valence-electron chi connectivity index (χ0n) is 17.4. The van der Waals surface area contributed by atoms with E-state index in [1.54, 1.807) is 11.3 Å². The van der Waals surface area contributed by atoms with E-state index in [1.807, 2.05) is 29.1 Å². The summed E-state index contributed by atoms with van der Waals surface area (Å²) in [7, 11) is 0. The highest BCUT2D eigenvalue weighted by Gasteiger charge is 2.41. The molecular weight excluding hydrogens is 460 g/mol. The first-order valence-corrected chi connectivity index (χ1v) is 12.7. The van der Waals surface area contributed by atoms with Crippen molar-refractivity contribution in [3.8, 4) is 5.75 Å². The smallest absolute Gasteiger partial charge is 0.227 e. The van der Waals surface area contributed by atoms with Gasteiger partial charge < -0.3 is 10.1 Å². The summed E-state index contributed by atoms with van der Waals surface area (Å²) in [6.07, 6.45) is 1.72. The zero-order valence-corrected chi connectivity index (χ0v) is 19.8. The Bertz CT molecular complexity index is 1350. The second kappa shape index (κ2) is 7.69. The number of benzene rings is 2. The SMILES string of the molecule is CSc1nc2n(n1)[C@H](c1cccs1)C1=C(N2)c2cc(Cl)ccc2O[C@H]1c1ccc(C)cc1. The van der Waals surface area contributed by atoms with E-state index in [0.717, 1.165) is 39.3 Å². The summed E-state index contributed by atoms with van der Waals surface area (Å²) >= 11 is 9.64. The molecule has 2 aliphatic heterocycles. The van der Waals surface area contributed by atoms with Crippen molar-refractivity contribution in [2.45, 2.75) is 24.2 Å². The lowest BCUT2D eigenvalue weighted by molar-refractivity contribution is 0.223. The van der Waals surface area contributed by atoms with E-state index in [0.29, 0.717) is 5.02 Å². The minimum atomic E-state index is -0.269. The molecule has 8 heteroatoms. The normalized spacial score (nSPS) is 19.0. The van der Waals surface area contributed by atoms with Crippen LogP contribution in [0.15, 0.2) is 70.7 Å². The number of hydrogen-bond acceptors (Lipinski definition) is 6. The number of nitrogens with one attached hydrogen (secondary N) is 1. The van der Waals surface area contributed by atoms with Gasteiger partial charge in [0.15, 0.2) is 0 Å². The summed E-state index contributed by atoms with van der Waals surface area (Å²) in [5.41, 5.74) is 5.35. The van der Waals surface area contributed by atoms with Crippen LogP contribution < -0.4 is 10.1 Å². The van der Waals surface area contributed by atoms with Crippen LogP contribution in [-0.2, 0) is 0 Å². The Morgan fingerprint density at radius 1 is 1.16 bits per heavy atom. The summed E-state index contributed by atoms with van der Waals surface area (Å²) in [6.45, 7) is 2.09. The van der Waals surface area contributed by atoms with E-state index < -0.39 is 0 Å². The minimum absolute atomic E-state index is 0.131. The predicted molar refractivity (Wildman–Crippen MR) is 131 cm³/mol. The van der Waals surface area contributed by atoms with Gasteiger partial charge in [-0.1, -0.05) is 59.3 Å². The maximum absolute atomic E-state index is 6.64. The lowest BCUT2D eigenvalue weighted by Crippen LogP contribution is -2.32. The predicted octanol–water partition coefficient (Wildman–Crippen LogP) is 6.58. The van der Waals surface area contributed by atoms with Gasteiger partial charge in [-0.05, 0) is 48.4 Å². The third-order valence-corrected chi connectivity index (χ3v) is 7.49. The summed E-state index contributed by atoms with van der Waals surface area (Å²) < 4.78 is 8.62. The fourth-order valence-electron chi connectivity index (χ4n) is 4.31. The van der Waals surface area contributed by atoms with Gasteiger partial charge >= 0.3 is 0 Å². The Morgan fingerprint density at radius 2 is 2.00 bits per heavy atom. The van der Waals surface area contributed by atoms with Crippen molar-refractivity contribution in [3.05, 3.63) is 92.1 Å². The van der Waals surface area contributed by atoms with Crippen LogP contribution in [0.4, 0.5) is 5.95 Å². The lowest BCUT2D eigenvalue weighted by Gasteiger charge is -2.38. The monoisotopic (exact) mass is 478 g/mol. The third-order valence-electron chi connectivity index (χ3n) is 5.79. The van der Waals surface area contributed by atoms with Crippen LogP contribution in [-0.4, -0.2) is 21.0 Å². The highest BCUT2D eigenvalue weighted by atomic mass is 35.5. The maximum Gasteiger partial charge on any atom is 0.227 e. The van der Waals surface area contributed by atoms with Crippen LogP contribution in [0.5, 0.6) is 5.75 Å². The number of halogens is 1. The Hall–Kier alpha value is -2.74. The molecule has 2 aliphatic rings. The number of aromatic nitrogens is 3. The van der Waals surface area contributed by atoms with Crippen LogP contribution in [0, 0.1) is 6.92 Å². The molecule has 4 aromatic rings. The molecule has 0 amide bonds. The van der Waals surface area contributed by atoms with Gasteiger partial charge in [0.2, 0.25) is 11.1 Å². The van der Waals surface area contributed by atoms with Crippen LogP contribution in [0.25, 0.3) is 5.70 Å². The molecule has 5 nitrogen and oxygen atoms in total. The highest BCUT2D eigenvalue weighted by molar-refractivity contribution is 7.98. The first-order valence-electron chi connectivity index (χ1n) is 10.2. The van der Waals surface area contributed by atoms with Gasteiger partial charge in [-0.2, -0.15) is 4.98 Å². The van der Waals surface area contributed by atoms with Crippen molar-refractivity contribution in [2.75, 3.05) is 11.6 Å². The molecule has 1 N–H and O–H groups in total. The number of thioether (sulfide) groups is 1. The molecule has 0 saturated heterocycles. The van der Waals surface area contributed by atoms with E-state index >= 15 is 0 Å². The summed E-state index contributed by atoms with van der Waals surface area (Å²) in [4.78, 5) is 5.91. The second-order valence-corrected chi connectivity index (χ2v) is 9.98. The molecule has 2 aromatic carbocycles. The average molecular weight is 479 g/mol. The molecule has 0 saturated carbocycles. The number of fused-ring (bicyclic) bond motifs is 3. The van der Waals surface area contributed by atoms with E-state index in [4.69, 9.17) is 26.4 Å². The summed E-state index contributed by atoms with van der Waals surface area (Å²) in [5.74, 6) is 1.52. The Morgan fingerprint density at radius 3 is 2.75 bits per heavy atom. The molecule has 2 atom stereocenters. The topological polar surface area (TPSA) is 52.0 Å². The molecule has 0 radical (unpaired) electrons. The molecule has 0 unspecified atom stereocenters. The van der Waals surface area contributed by atoms with Gasteiger partial charge in [0.25, 0.3) is 0 Å². The lowest BCUT2D eigenvalue weighted by atomic mass is 9.87. The number of hydrogen-bond donors (Lipinski definition) is 1. The van der Waals surface area contributed by atoms with Gasteiger partial charge in [-0.25, -0.2) is 4.68 Å². The number of anilines is 1. The van der Waals surface area contributed by atoms with Crippen LogP contribution >= 0.6 is 34.7 Å². The van der Waals surface area contributed by atoms with Gasteiger partial charge in [0.05, 0.1) is 5.70 Å². The Kier molecular flexibility index (Phi) is 4.78. The number of rotatable bonds is 3. The number of thiophene rings is 1. The summed E-state index contributed by atoms with van der Waals surface area (Å²) in [5, 5.41) is 11.9. The van der Waals surface area contributed by atoms with Crippen LogP contribution in [0.1, 0.15) is 33.7 Å². The van der Waals surface area contributed by atoms with Crippen molar-refractivity contribution < 1.29 is 4.74 Å². The molecule has 0 fully saturated rings. The van der Waals surface area contributed by atoms with Crippen molar-refractivity contribution >= 4 is 46.3 Å². The molecule has 2 aromatic heterocycles. The van der Waals surface area contributed by atoms with Crippen molar-refractivity contribution in [1.82, 2.24) is 14.8 Å². The molecule has 160 valence electrons. The minimum Gasteiger partial charge on any atom is -0.480 e. The molecule has 0 bridgehead atoms. The standard InChI is InChI=1S/C24H19ClN4OS2/c1-13-5-7-14(8-6-13)22-19-20(16-12-15(25)9-10-17(16)30-22)26-23-27-24(31-2)28-29(23)21(19)18-4-3-11-32-18/h3-12,21-22H,1-2H3,(H,26,27,28)/t21-,22+/m1/s1. The third kappa shape index (κ3) is 3.15.